The van der Waals surface area contributed by atoms with Crippen molar-refractivity contribution in [3.05, 3.63) is 40.9 Å². The zero-order valence-electron chi connectivity index (χ0n) is 14.4. The molecule has 1 aliphatic rings. The molecule has 0 bridgehead atoms. The average molecular weight is 359 g/mol. The van der Waals surface area contributed by atoms with Crippen LogP contribution in [0.15, 0.2) is 32.6 Å². The Kier molecular flexibility index (Phi) is 4.65. The number of thiophene rings is 1. The Balaban J connectivity index is 1.34. The Morgan fingerprint density at radius 1 is 1.20 bits per heavy atom. The Labute approximate surface area is 150 Å². The van der Waals surface area contributed by atoms with Gasteiger partial charge >= 0.3 is 0 Å². The van der Waals surface area contributed by atoms with Crippen LogP contribution in [0.3, 0.4) is 0 Å². The standard InChI is InChI=1S/C17H21N5O2S/c1-12-10-14(23-19-12)11-21-5-7-22(8-6-21)13(2)17-18-16(20-24-17)15-4-3-9-25-15/h3-4,9-10,13H,5-8,11H2,1-2H3. The molecule has 3 aromatic heterocycles. The molecule has 25 heavy (non-hydrogen) atoms. The minimum absolute atomic E-state index is 0.121. The average Bonchev–Trinajstić information content (AvgIpc) is 3.36. The van der Waals surface area contributed by atoms with Gasteiger partial charge in [0.2, 0.25) is 11.7 Å². The van der Waals surface area contributed by atoms with Crippen molar-refractivity contribution in [3.8, 4) is 10.7 Å². The molecule has 0 radical (unpaired) electrons. The second kappa shape index (κ2) is 7.07. The highest BCUT2D eigenvalue weighted by Crippen LogP contribution is 2.26. The van der Waals surface area contributed by atoms with Gasteiger partial charge in [0.05, 0.1) is 23.2 Å². The predicted molar refractivity (Wildman–Crippen MR) is 94.1 cm³/mol. The van der Waals surface area contributed by atoms with Gasteiger partial charge in [-0.1, -0.05) is 16.4 Å². The number of piperazine rings is 1. The molecule has 0 aliphatic carbocycles. The molecule has 0 aromatic carbocycles. The highest BCUT2D eigenvalue weighted by molar-refractivity contribution is 7.13. The first kappa shape index (κ1) is 16.4. The summed E-state index contributed by atoms with van der Waals surface area (Å²) in [6.07, 6.45) is 0. The Bertz CT molecular complexity index is 805. The fraction of sp³-hybridized carbons (Fsp3) is 0.471. The highest BCUT2D eigenvalue weighted by atomic mass is 32.1. The molecule has 1 unspecified atom stereocenters. The first-order valence-corrected chi connectivity index (χ1v) is 9.33. The lowest BCUT2D eigenvalue weighted by atomic mass is 10.2. The Hall–Kier alpha value is -2.03. The van der Waals surface area contributed by atoms with Crippen LogP contribution in [0.5, 0.6) is 0 Å². The summed E-state index contributed by atoms with van der Waals surface area (Å²) in [4.78, 5) is 10.4. The molecule has 7 nitrogen and oxygen atoms in total. The van der Waals surface area contributed by atoms with Crippen molar-refractivity contribution in [2.75, 3.05) is 26.2 Å². The highest BCUT2D eigenvalue weighted by Gasteiger charge is 2.26. The Morgan fingerprint density at radius 2 is 2.04 bits per heavy atom. The zero-order chi connectivity index (χ0) is 17.2. The van der Waals surface area contributed by atoms with E-state index in [2.05, 4.69) is 32.0 Å². The summed E-state index contributed by atoms with van der Waals surface area (Å²) in [5.74, 6) is 2.29. The lowest BCUT2D eigenvalue weighted by Gasteiger charge is -2.36. The lowest BCUT2D eigenvalue weighted by Crippen LogP contribution is -2.46. The smallest absolute Gasteiger partial charge is 0.244 e. The van der Waals surface area contributed by atoms with Crippen LogP contribution in [0.2, 0.25) is 0 Å². The van der Waals surface area contributed by atoms with Crippen molar-refractivity contribution in [2.24, 2.45) is 0 Å². The second-order valence-corrected chi connectivity index (χ2v) is 7.30. The van der Waals surface area contributed by atoms with Crippen LogP contribution in [0.25, 0.3) is 10.7 Å². The SMILES string of the molecule is Cc1cc(CN2CCN(C(C)c3nc(-c4cccs4)no3)CC2)on1. The quantitative estimate of drug-likeness (QED) is 0.693. The maximum atomic E-state index is 5.50. The molecule has 1 atom stereocenters. The van der Waals surface area contributed by atoms with E-state index in [0.717, 1.165) is 49.1 Å². The van der Waals surface area contributed by atoms with E-state index >= 15 is 0 Å². The van der Waals surface area contributed by atoms with E-state index in [1.807, 2.05) is 30.5 Å². The summed E-state index contributed by atoms with van der Waals surface area (Å²) >= 11 is 1.62. The molecule has 0 N–H and O–H groups in total. The fourth-order valence-corrected chi connectivity index (χ4v) is 3.74. The topological polar surface area (TPSA) is 71.4 Å². The number of aromatic nitrogens is 3. The molecule has 4 heterocycles. The maximum Gasteiger partial charge on any atom is 0.244 e. The molecule has 0 spiro atoms. The second-order valence-electron chi connectivity index (χ2n) is 6.36. The number of hydrogen-bond acceptors (Lipinski definition) is 8. The van der Waals surface area contributed by atoms with Gasteiger partial charge in [0.1, 0.15) is 0 Å². The summed E-state index contributed by atoms with van der Waals surface area (Å²) in [6, 6.07) is 6.12. The number of nitrogens with zero attached hydrogens (tertiary/aromatic N) is 5. The van der Waals surface area contributed by atoms with Crippen molar-refractivity contribution < 1.29 is 9.05 Å². The third-order valence-electron chi connectivity index (χ3n) is 4.55. The summed E-state index contributed by atoms with van der Waals surface area (Å²) in [7, 11) is 0. The van der Waals surface area contributed by atoms with Crippen LogP contribution < -0.4 is 0 Å². The first-order valence-electron chi connectivity index (χ1n) is 8.45. The van der Waals surface area contributed by atoms with Gasteiger partial charge in [-0.3, -0.25) is 9.80 Å². The molecular weight excluding hydrogens is 338 g/mol. The molecule has 1 fully saturated rings. The monoisotopic (exact) mass is 359 g/mol. The van der Waals surface area contributed by atoms with E-state index < -0.39 is 0 Å². The third-order valence-corrected chi connectivity index (χ3v) is 5.42. The molecule has 4 rings (SSSR count). The molecule has 1 aliphatic heterocycles. The third kappa shape index (κ3) is 3.65. The van der Waals surface area contributed by atoms with Crippen molar-refractivity contribution in [2.45, 2.75) is 26.4 Å². The van der Waals surface area contributed by atoms with Gasteiger partial charge in [-0.05, 0) is 25.3 Å². The van der Waals surface area contributed by atoms with Crippen molar-refractivity contribution in [1.82, 2.24) is 25.1 Å². The molecule has 0 saturated carbocycles. The van der Waals surface area contributed by atoms with Crippen LogP contribution in [0.4, 0.5) is 0 Å². The van der Waals surface area contributed by atoms with Crippen LogP contribution in [0.1, 0.15) is 30.3 Å². The van der Waals surface area contributed by atoms with Gasteiger partial charge in [0.15, 0.2) is 5.76 Å². The summed E-state index contributed by atoms with van der Waals surface area (Å²) < 4.78 is 10.8. The van der Waals surface area contributed by atoms with Crippen LogP contribution >= 0.6 is 11.3 Å². The molecule has 1 saturated heterocycles. The van der Waals surface area contributed by atoms with E-state index in [-0.39, 0.29) is 6.04 Å². The molecule has 132 valence electrons. The first-order chi connectivity index (χ1) is 12.2. The van der Waals surface area contributed by atoms with Crippen LogP contribution in [0, 0.1) is 6.92 Å². The lowest BCUT2D eigenvalue weighted by molar-refractivity contribution is 0.0795. The minimum atomic E-state index is 0.121. The fourth-order valence-electron chi connectivity index (χ4n) is 3.09. The van der Waals surface area contributed by atoms with E-state index in [1.165, 1.54) is 0 Å². The minimum Gasteiger partial charge on any atom is -0.360 e. The van der Waals surface area contributed by atoms with Gasteiger partial charge < -0.3 is 9.05 Å². The summed E-state index contributed by atoms with van der Waals surface area (Å²) in [6.45, 7) is 8.77. The van der Waals surface area contributed by atoms with Gasteiger partial charge in [-0.15, -0.1) is 11.3 Å². The summed E-state index contributed by atoms with van der Waals surface area (Å²) in [5, 5.41) is 10.1. The molecule has 8 heteroatoms. The van der Waals surface area contributed by atoms with E-state index in [1.54, 1.807) is 11.3 Å². The zero-order valence-corrected chi connectivity index (χ0v) is 15.2. The largest absolute Gasteiger partial charge is 0.360 e. The van der Waals surface area contributed by atoms with Gasteiger partial charge in [-0.25, -0.2) is 0 Å². The number of aryl methyl sites for hydroxylation is 1. The van der Waals surface area contributed by atoms with Crippen molar-refractivity contribution in [1.29, 1.82) is 0 Å². The maximum absolute atomic E-state index is 5.50. The molecule has 3 aromatic rings. The van der Waals surface area contributed by atoms with Crippen LogP contribution in [-0.2, 0) is 6.54 Å². The number of hydrogen-bond donors (Lipinski definition) is 0. The summed E-state index contributed by atoms with van der Waals surface area (Å²) in [5.41, 5.74) is 0.931. The van der Waals surface area contributed by atoms with Crippen molar-refractivity contribution >= 4 is 11.3 Å². The predicted octanol–water partition coefficient (Wildman–Crippen LogP) is 2.97. The molecule has 0 amide bonds. The van der Waals surface area contributed by atoms with Crippen LogP contribution in [-0.4, -0.2) is 51.3 Å². The van der Waals surface area contributed by atoms with Crippen molar-refractivity contribution in [3.63, 3.8) is 0 Å². The Morgan fingerprint density at radius 3 is 2.72 bits per heavy atom. The van der Waals surface area contributed by atoms with Gasteiger partial charge in [0.25, 0.3) is 0 Å². The molecular formula is C17H21N5O2S. The van der Waals surface area contributed by atoms with Gasteiger partial charge in [0, 0.05) is 32.2 Å². The van der Waals surface area contributed by atoms with Gasteiger partial charge in [-0.2, -0.15) is 4.98 Å². The van der Waals surface area contributed by atoms with E-state index in [4.69, 9.17) is 9.05 Å². The number of rotatable bonds is 5. The van der Waals surface area contributed by atoms with E-state index in [0.29, 0.717) is 11.7 Å². The normalized spacial score (nSPS) is 17.8. The van der Waals surface area contributed by atoms with E-state index in [9.17, 15) is 0 Å².